The minimum atomic E-state index is -0.492. The number of hydrogen-bond donors (Lipinski definition) is 0. The highest BCUT2D eigenvalue weighted by atomic mass is 17.2. The van der Waals surface area contributed by atoms with Crippen LogP contribution in [0.2, 0.25) is 0 Å². The van der Waals surface area contributed by atoms with Crippen LogP contribution < -0.4 is 14.4 Å². The van der Waals surface area contributed by atoms with Crippen molar-refractivity contribution in [1.82, 2.24) is 0 Å². The van der Waals surface area contributed by atoms with Crippen LogP contribution in [-0.4, -0.2) is 19.7 Å². The zero-order chi connectivity index (χ0) is 16.7. The fourth-order valence-corrected chi connectivity index (χ4v) is 2.08. The molecule has 5 heteroatoms. The topological polar surface area (TPSA) is 54.0 Å². The second kappa shape index (κ2) is 8.08. The van der Waals surface area contributed by atoms with Crippen LogP contribution in [0.15, 0.2) is 42.5 Å². The second-order valence-electron chi connectivity index (χ2n) is 5.00. The molecular weight excluding hydrogens is 296 g/mol. The maximum absolute atomic E-state index is 10.9. The Morgan fingerprint density at radius 1 is 1.04 bits per heavy atom. The number of carbonyl (C=O) groups excluding carboxylic acids is 1. The SMILES string of the molecule is COc1ccc(OCCc2cccc(C)c2OOC(C)=O)cc1. The highest BCUT2D eigenvalue weighted by molar-refractivity contribution is 5.65. The number of rotatable bonds is 7. The highest BCUT2D eigenvalue weighted by Crippen LogP contribution is 2.25. The largest absolute Gasteiger partial charge is 0.497 e. The lowest BCUT2D eigenvalue weighted by Gasteiger charge is -2.12. The molecule has 0 saturated heterocycles. The molecule has 122 valence electrons. The van der Waals surface area contributed by atoms with Gasteiger partial charge in [-0.3, -0.25) is 9.78 Å². The van der Waals surface area contributed by atoms with Gasteiger partial charge in [0.1, 0.15) is 11.5 Å². The van der Waals surface area contributed by atoms with Gasteiger partial charge in [-0.1, -0.05) is 18.2 Å². The molecular formula is C18H20O5. The highest BCUT2D eigenvalue weighted by Gasteiger charge is 2.10. The molecule has 23 heavy (non-hydrogen) atoms. The van der Waals surface area contributed by atoms with E-state index in [-0.39, 0.29) is 0 Å². The van der Waals surface area contributed by atoms with Gasteiger partial charge in [0.15, 0.2) is 5.75 Å². The summed E-state index contributed by atoms with van der Waals surface area (Å²) in [5.41, 5.74) is 1.81. The molecule has 2 aromatic carbocycles. The van der Waals surface area contributed by atoms with Crippen LogP contribution >= 0.6 is 0 Å². The normalized spacial score (nSPS) is 10.0. The molecule has 0 bridgehead atoms. The van der Waals surface area contributed by atoms with E-state index in [0.29, 0.717) is 18.8 Å². The van der Waals surface area contributed by atoms with E-state index in [1.54, 1.807) is 7.11 Å². The van der Waals surface area contributed by atoms with Gasteiger partial charge in [0.2, 0.25) is 0 Å². The average Bonchev–Trinajstić information content (AvgIpc) is 2.54. The molecule has 0 N–H and O–H groups in total. The average molecular weight is 316 g/mol. The predicted octanol–water partition coefficient (Wildman–Crippen LogP) is 3.48. The molecule has 0 atom stereocenters. The Hall–Kier alpha value is -2.69. The first-order chi connectivity index (χ1) is 11.1. The van der Waals surface area contributed by atoms with Gasteiger partial charge in [-0.25, -0.2) is 4.79 Å². The van der Waals surface area contributed by atoms with E-state index in [2.05, 4.69) is 4.89 Å². The minimum absolute atomic E-state index is 0.478. The van der Waals surface area contributed by atoms with Crippen molar-refractivity contribution < 1.29 is 24.0 Å². The smallest absolute Gasteiger partial charge is 0.352 e. The van der Waals surface area contributed by atoms with Gasteiger partial charge in [-0.15, -0.1) is 0 Å². The molecule has 2 aromatic rings. The number of para-hydroxylation sites is 1. The summed E-state index contributed by atoms with van der Waals surface area (Å²) < 4.78 is 10.8. The van der Waals surface area contributed by atoms with Gasteiger partial charge in [-0.05, 0) is 36.8 Å². The molecule has 0 aromatic heterocycles. The standard InChI is InChI=1S/C18H20O5/c1-13-5-4-6-15(18(13)23-22-14(2)19)11-12-21-17-9-7-16(20-3)8-10-17/h4-10H,11-12H2,1-3H3. The van der Waals surface area contributed by atoms with Crippen LogP contribution in [0.5, 0.6) is 17.2 Å². The van der Waals surface area contributed by atoms with Crippen molar-refractivity contribution in [1.29, 1.82) is 0 Å². The van der Waals surface area contributed by atoms with E-state index in [9.17, 15) is 4.79 Å². The van der Waals surface area contributed by atoms with Crippen molar-refractivity contribution in [2.24, 2.45) is 0 Å². The Bertz CT molecular complexity index is 649. The van der Waals surface area contributed by atoms with Crippen LogP contribution in [0, 0.1) is 6.92 Å². The Labute approximate surface area is 135 Å². The van der Waals surface area contributed by atoms with Crippen molar-refractivity contribution >= 4 is 5.97 Å². The third-order valence-electron chi connectivity index (χ3n) is 3.24. The Morgan fingerprint density at radius 2 is 1.74 bits per heavy atom. The molecule has 0 aliphatic rings. The van der Waals surface area contributed by atoms with Crippen molar-refractivity contribution in [3.8, 4) is 17.2 Å². The van der Waals surface area contributed by atoms with E-state index < -0.39 is 5.97 Å². The van der Waals surface area contributed by atoms with E-state index >= 15 is 0 Å². The number of aryl methyl sites for hydroxylation is 1. The van der Waals surface area contributed by atoms with Crippen LogP contribution in [0.1, 0.15) is 18.1 Å². The third kappa shape index (κ3) is 4.92. The fraction of sp³-hybridized carbons (Fsp3) is 0.278. The zero-order valence-corrected chi connectivity index (χ0v) is 13.5. The minimum Gasteiger partial charge on any atom is -0.497 e. The van der Waals surface area contributed by atoms with Crippen LogP contribution in [0.4, 0.5) is 0 Å². The Balaban J connectivity index is 1.96. The summed E-state index contributed by atoms with van der Waals surface area (Å²) >= 11 is 0. The quantitative estimate of drug-likeness (QED) is 0.578. The lowest BCUT2D eigenvalue weighted by atomic mass is 10.1. The van der Waals surface area contributed by atoms with E-state index in [4.69, 9.17) is 14.4 Å². The van der Waals surface area contributed by atoms with Crippen molar-refractivity contribution in [2.75, 3.05) is 13.7 Å². The zero-order valence-electron chi connectivity index (χ0n) is 13.5. The van der Waals surface area contributed by atoms with E-state index in [1.165, 1.54) is 6.92 Å². The van der Waals surface area contributed by atoms with Gasteiger partial charge in [0, 0.05) is 18.9 Å². The number of hydrogen-bond acceptors (Lipinski definition) is 5. The van der Waals surface area contributed by atoms with Crippen molar-refractivity contribution in [3.63, 3.8) is 0 Å². The van der Waals surface area contributed by atoms with Gasteiger partial charge in [-0.2, -0.15) is 0 Å². The van der Waals surface area contributed by atoms with Gasteiger partial charge < -0.3 is 9.47 Å². The summed E-state index contributed by atoms with van der Waals surface area (Å²) in [6.07, 6.45) is 0.629. The molecule has 0 aliphatic heterocycles. The molecule has 0 amide bonds. The van der Waals surface area contributed by atoms with Crippen LogP contribution in [0.3, 0.4) is 0 Å². The first kappa shape index (κ1) is 16.7. The molecule has 5 nitrogen and oxygen atoms in total. The van der Waals surface area contributed by atoms with E-state index in [0.717, 1.165) is 22.6 Å². The van der Waals surface area contributed by atoms with E-state index in [1.807, 2.05) is 49.4 Å². The summed E-state index contributed by atoms with van der Waals surface area (Å²) in [5.74, 6) is 1.61. The first-order valence-corrected chi connectivity index (χ1v) is 7.30. The third-order valence-corrected chi connectivity index (χ3v) is 3.24. The number of carbonyl (C=O) groups is 1. The number of methoxy groups -OCH3 is 1. The second-order valence-corrected chi connectivity index (χ2v) is 5.00. The summed E-state index contributed by atoms with van der Waals surface area (Å²) in [4.78, 5) is 20.7. The van der Waals surface area contributed by atoms with Crippen molar-refractivity contribution in [2.45, 2.75) is 20.3 Å². The maximum Gasteiger partial charge on any atom is 0.352 e. The molecule has 0 saturated carbocycles. The number of benzene rings is 2. The molecule has 0 fully saturated rings. The maximum atomic E-state index is 10.9. The van der Waals surface area contributed by atoms with Crippen molar-refractivity contribution in [3.05, 3.63) is 53.6 Å². The first-order valence-electron chi connectivity index (χ1n) is 7.30. The monoisotopic (exact) mass is 316 g/mol. The Morgan fingerprint density at radius 3 is 2.39 bits per heavy atom. The van der Waals surface area contributed by atoms with Gasteiger partial charge in [0.25, 0.3) is 0 Å². The van der Waals surface area contributed by atoms with Gasteiger partial charge in [0.05, 0.1) is 13.7 Å². The predicted molar refractivity (Wildman–Crippen MR) is 85.8 cm³/mol. The van der Waals surface area contributed by atoms with Gasteiger partial charge >= 0.3 is 5.97 Å². The molecule has 0 unspecified atom stereocenters. The summed E-state index contributed by atoms with van der Waals surface area (Å²) in [7, 11) is 1.62. The fourth-order valence-electron chi connectivity index (χ4n) is 2.08. The molecule has 0 spiro atoms. The lowest BCUT2D eigenvalue weighted by Crippen LogP contribution is -2.08. The molecule has 0 heterocycles. The number of ether oxygens (including phenoxy) is 2. The summed E-state index contributed by atoms with van der Waals surface area (Å²) in [6.45, 7) is 3.67. The molecule has 0 radical (unpaired) electrons. The molecule has 2 rings (SSSR count). The van der Waals surface area contributed by atoms with Crippen LogP contribution in [0.25, 0.3) is 0 Å². The lowest BCUT2D eigenvalue weighted by molar-refractivity contribution is -0.211. The van der Waals surface area contributed by atoms with Crippen LogP contribution in [-0.2, 0) is 16.1 Å². The summed E-state index contributed by atoms with van der Waals surface area (Å²) in [6, 6.07) is 13.1. The molecule has 0 aliphatic carbocycles. The Kier molecular flexibility index (Phi) is 5.86. The summed E-state index contributed by atoms with van der Waals surface area (Å²) in [5, 5.41) is 0.